The molecule has 0 aliphatic carbocycles. The summed E-state index contributed by atoms with van der Waals surface area (Å²) in [5.41, 5.74) is 0.118. The lowest BCUT2D eigenvalue weighted by Crippen LogP contribution is -2.34. The van der Waals surface area contributed by atoms with Gasteiger partial charge in [-0.05, 0) is 0 Å². The molecule has 0 heterocycles. The van der Waals surface area contributed by atoms with Gasteiger partial charge in [-0.25, -0.2) is 0 Å². The number of hydrogen-bond donors (Lipinski definition) is 0. The lowest BCUT2D eigenvalue weighted by Gasteiger charge is -2.27. The molecule has 2 nitrogen and oxygen atoms in total. The van der Waals surface area contributed by atoms with E-state index in [9.17, 15) is 0 Å². The van der Waals surface area contributed by atoms with Gasteiger partial charge in [-0.1, -0.05) is 26.8 Å². The van der Waals surface area contributed by atoms with Crippen molar-refractivity contribution < 1.29 is 0 Å². The lowest BCUT2D eigenvalue weighted by molar-refractivity contribution is 0.479. The van der Waals surface area contributed by atoms with Crippen LogP contribution < -0.4 is 0 Å². The Morgan fingerprint density at radius 1 is 1.42 bits per heavy atom. The quantitative estimate of drug-likeness (QED) is 0.350. The average molecular weight is 168 g/mol. The van der Waals surface area contributed by atoms with Crippen LogP contribution in [0.3, 0.4) is 0 Å². The molecule has 0 fully saturated rings. The van der Waals surface area contributed by atoms with Crippen molar-refractivity contribution in [3.8, 4) is 0 Å². The first kappa shape index (κ1) is 11.2. The molecule has 0 atom stereocenters. The summed E-state index contributed by atoms with van der Waals surface area (Å²) < 4.78 is 0. The summed E-state index contributed by atoms with van der Waals surface area (Å²) >= 11 is 0. The van der Waals surface area contributed by atoms with Crippen LogP contribution in [-0.4, -0.2) is 31.4 Å². The average Bonchev–Trinajstić information content (AvgIpc) is 1.84. The van der Waals surface area contributed by atoms with Crippen molar-refractivity contribution in [1.29, 1.82) is 0 Å². The predicted octanol–water partition coefficient (Wildman–Crippen LogP) is 2.18. The van der Waals surface area contributed by atoms with Crippen LogP contribution in [0.5, 0.6) is 0 Å². The summed E-state index contributed by atoms with van der Waals surface area (Å²) in [5.74, 6) is 1.11. The van der Waals surface area contributed by atoms with Gasteiger partial charge >= 0.3 is 0 Å². The van der Waals surface area contributed by atoms with E-state index in [1.807, 2.05) is 20.2 Å². The van der Waals surface area contributed by atoms with Crippen molar-refractivity contribution in [2.45, 2.75) is 20.8 Å². The highest BCUT2D eigenvalue weighted by atomic mass is 15.1. The minimum atomic E-state index is 0.118. The molecule has 70 valence electrons. The minimum Gasteiger partial charge on any atom is -0.366 e. The predicted molar refractivity (Wildman–Crippen MR) is 55.6 cm³/mol. The molecule has 0 aliphatic rings. The van der Waals surface area contributed by atoms with E-state index in [1.165, 1.54) is 0 Å². The number of nitrogens with zero attached hydrogens (tertiary/aromatic N) is 2. The number of amidine groups is 1. The van der Waals surface area contributed by atoms with Crippen molar-refractivity contribution in [2.75, 3.05) is 20.6 Å². The van der Waals surface area contributed by atoms with Crippen LogP contribution in [0, 0.1) is 5.41 Å². The third kappa shape index (κ3) is 3.56. The van der Waals surface area contributed by atoms with Crippen molar-refractivity contribution >= 4 is 5.84 Å². The zero-order valence-electron chi connectivity index (χ0n) is 8.89. The first-order chi connectivity index (χ1) is 5.39. The SMILES string of the molecule is C=CCN=C(N(C)C)C(C)(C)C. The molecule has 0 radical (unpaired) electrons. The maximum absolute atomic E-state index is 4.44. The Bertz CT molecular complexity index is 173. The van der Waals surface area contributed by atoms with Crippen LogP contribution in [0.4, 0.5) is 0 Å². The molecule has 0 aromatic rings. The summed E-state index contributed by atoms with van der Waals surface area (Å²) in [4.78, 5) is 6.50. The maximum atomic E-state index is 4.44. The van der Waals surface area contributed by atoms with Gasteiger partial charge in [-0.15, -0.1) is 6.58 Å². The molecule has 0 saturated heterocycles. The standard InChI is InChI=1S/C10H20N2/c1-7-8-11-9(12(5)6)10(2,3)4/h7H,1,8H2,2-6H3. The van der Waals surface area contributed by atoms with E-state index < -0.39 is 0 Å². The van der Waals surface area contributed by atoms with E-state index in [4.69, 9.17) is 0 Å². The van der Waals surface area contributed by atoms with E-state index >= 15 is 0 Å². The van der Waals surface area contributed by atoms with E-state index in [0.717, 1.165) is 5.84 Å². The second-order valence-corrected chi connectivity index (χ2v) is 4.10. The monoisotopic (exact) mass is 168 g/mol. The molecule has 0 spiro atoms. The first-order valence-corrected chi connectivity index (χ1v) is 4.22. The normalized spacial score (nSPS) is 12.9. The molecular weight excluding hydrogens is 148 g/mol. The molecule has 0 amide bonds. The van der Waals surface area contributed by atoms with Gasteiger partial charge in [-0.2, -0.15) is 0 Å². The first-order valence-electron chi connectivity index (χ1n) is 4.22. The van der Waals surface area contributed by atoms with Gasteiger partial charge < -0.3 is 4.90 Å². The van der Waals surface area contributed by atoms with E-state index in [0.29, 0.717) is 6.54 Å². The summed E-state index contributed by atoms with van der Waals surface area (Å²) in [6.07, 6.45) is 1.81. The van der Waals surface area contributed by atoms with E-state index in [-0.39, 0.29) is 5.41 Å². The van der Waals surface area contributed by atoms with Gasteiger partial charge in [0.25, 0.3) is 0 Å². The van der Waals surface area contributed by atoms with Gasteiger partial charge in [0.15, 0.2) is 0 Å². The zero-order chi connectivity index (χ0) is 9.78. The van der Waals surface area contributed by atoms with Crippen LogP contribution in [0.1, 0.15) is 20.8 Å². The molecule has 0 aliphatic heterocycles. The molecule has 12 heavy (non-hydrogen) atoms. The summed E-state index contributed by atoms with van der Waals surface area (Å²) in [7, 11) is 4.04. The van der Waals surface area contributed by atoms with E-state index in [1.54, 1.807) is 0 Å². The van der Waals surface area contributed by atoms with Crippen LogP contribution in [0.2, 0.25) is 0 Å². The summed E-state index contributed by atoms with van der Waals surface area (Å²) in [6.45, 7) is 10.8. The summed E-state index contributed by atoms with van der Waals surface area (Å²) in [5, 5.41) is 0. The number of hydrogen-bond acceptors (Lipinski definition) is 1. The smallest absolute Gasteiger partial charge is 0.104 e. The topological polar surface area (TPSA) is 15.6 Å². The van der Waals surface area contributed by atoms with Crippen molar-refractivity contribution in [2.24, 2.45) is 10.4 Å². The van der Waals surface area contributed by atoms with Crippen molar-refractivity contribution in [1.82, 2.24) is 4.90 Å². The molecule has 0 saturated carbocycles. The fourth-order valence-corrected chi connectivity index (χ4v) is 1.20. The second-order valence-electron chi connectivity index (χ2n) is 4.10. The fourth-order valence-electron chi connectivity index (χ4n) is 1.20. The van der Waals surface area contributed by atoms with Gasteiger partial charge in [0.1, 0.15) is 5.84 Å². The van der Waals surface area contributed by atoms with Gasteiger partial charge in [0, 0.05) is 19.5 Å². The third-order valence-electron chi connectivity index (χ3n) is 1.46. The molecule has 0 bridgehead atoms. The molecule has 0 unspecified atom stereocenters. The Kier molecular flexibility index (Phi) is 4.01. The zero-order valence-corrected chi connectivity index (χ0v) is 8.89. The molecule has 0 aromatic carbocycles. The maximum Gasteiger partial charge on any atom is 0.104 e. The Morgan fingerprint density at radius 2 is 1.92 bits per heavy atom. The molecular formula is C10H20N2. The molecule has 0 rings (SSSR count). The highest BCUT2D eigenvalue weighted by Gasteiger charge is 2.19. The molecule has 2 heteroatoms. The largest absolute Gasteiger partial charge is 0.366 e. The van der Waals surface area contributed by atoms with Crippen LogP contribution >= 0.6 is 0 Å². The van der Waals surface area contributed by atoms with Crippen LogP contribution in [0.25, 0.3) is 0 Å². The van der Waals surface area contributed by atoms with Gasteiger partial charge in [0.2, 0.25) is 0 Å². The van der Waals surface area contributed by atoms with Crippen molar-refractivity contribution in [3.05, 3.63) is 12.7 Å². The Hall–Kier alpha value is -0.790. The highest BCUT2D eigenvalue weighted by Crippen LogP contribution is 2.17. The Balaban J connectivity index is 4.55. The fraction of sp³-hybridized carbons (Fsp3) is 0.700. The van der Waals surface area contributed by atoms with Gasteiger partial charge in [-0.3, -0.25) is 4.99 Å². The second kappa shape index (κ2) is 4.29. The van der Waals surface area contributed by atoms with Crippen LogP contribution in [0.15, 0.2) is 17.6 Å². The number of rotatable bonds is 2. The third-order valence-corrected chi connectivity index (χ3v) is 1.46. The lowest BCUT2D eigenvalue weighted by atomic mass is 9.94. The van der Waals surface area contributed by atoms with Crippen molar-refractivity contribution in [3.63, 3.8) is 0 Å². The van der Waals surface area contributed by atoms with E-state index in [2.05, 4.69) is 37.2 Å². The highest BCUT2D eigenvalue weighted by molar-refractivity contribution is 5.86. The Labute approximate surface area is 76.0 Å². The summed E-state index contributed by atoms with van der Waals surface area (Å²) in [6, 6.07) is 0. The Morgan fingerprint density at radius 3 is 2.17 bits per heavy atom. The van der Waals surface area contributed by atoms with Crippen LogP contribution in [-0.2, 0) is 0 Å². The minimum absolute atomic E-state index is 0.118. The molecule has 0 N–H and O–H groups in total. The van der Waals surface area contributed by atoms with Gasteiger partial charge in [0.05, 0.1) is 6.54 Å². The molecule has 0 aromatic heterocycles. The number of aliphatic imine (C=N–C) groups is 1.